The molecule has 2 aliphatic heterocycles. The maximum atomic E-state index is 9.53. The highest BCUT2D eigenvalue weighted by atomic mass is 32.3. The Hall–Kier alpha value is 0.190. The van der Waals surface area contributed by atoms with Gasteiger partial charge in [0, 0.05) is 25.7 Å². The standard InChI is InChI=1S/C6H14N2O2S/c9-11(10)4-1-6-5-7-2-3-8(6)11/h6-7,9-10H,1-5H2. The summed E-state index contributed by atoms with van der Waals surface area (Å²) in [6.45, 7) is 2.58. The molecule has 2 rings (SSSR count). The molecular weight excluding hydrogens is 164 g/mol. The third-order valence-electron chi connectivity index (χ3n) is 2.40. The van der Waals surface area contributed by atoms with Crippen LogP contribution in [0.5, 0.6) is 0 Å². The smallest absolute Gasteiger partial charge is 0.0546 e. The lowest BCUT2D eigenvalue weighted by Crippen LogP contribution is -2.47. The zero-order valence-corrected chi connectivity index (χ0v) is 7.18. The lowest BCUT2D eigenvalue weighted by atomic mass is 10.2. The van der Waals surface area contributed by atoms with E-state index in [0.717, 1.165) is 26.1 Å². The van der Waals surface area contributed by atoms with Crippen LogP contribution in [0.3, 0.4) is 0 Å². The second-order valence-corrected chi connectivity index (χ2v) is 5.27. The highest BCUT2D eigenvalue weighted by molar-refractivity contribution is 8.22. The molecule has 2 aliphatic rings. The molecule has 5 heteroatoms. The van der Waals surface area contributed by atoms with Crippen molar-refractivity contribution in [2.24, 2.45) is 0 Å². The van der Waals surface area contributed by atoms with Gasteiger partial charge in [0.25, 0.3) is 0 Å². The van der Waals surface area contributed by atoms with Crippen molar-refractivity contribution in [1.82, 2.24) is 9.62 Å². The molecular formula is C6H14N2O2S. The molecule has 66 valence electrons. The first-order valence-electron chi connectivity index (χ1n) is 3.93. The van der Waals surface area contributed by atoms with Gasteiger partial charge in [0.15, 0.2) is 0 Å². The van der Waals surface area contributed by atoms with Crippen LogP contribution in [-0.2, 0) is 0 Å². The first kappa shape index (κ1) is 7.82. The van der Waals surface area contributed by atoms with Gasteiger partial charge in [-0.15, -0.1) is 10.8 Å². The molecule has 2 fully saturated rings. The molecule has 2 saturated heterocycles. The molecule has 0 aliphatic carbocycles. The Morgan fingerprint density at radius 1 is 1.45 bits per heavy atom. The Morgan fingerprint density at radius 2 is 2.27 bits per heavy atom. The summed E-state index contributed by atoms with van der Waals surface area (Å²) in [7, 11) is -2.35. The van der Waals surface area contributed by atoms with E-state index in [1.54, 1.807) is 0 Å². The molecule has 11 heavy (non-hydrogen) atoms. The predicted octanol–water partition coefficient (Wildman–Crippen LogP) is 0.329. The van der Waals surface area contributed by atoms with Crippen LogP contribution in [0.2, 0.25) is 0 Å². The molecule has 0 amide bonds. The molecule has 1 unspecified atom stereocenters. The van der Waals surface area contributed by atoms with E-state index >= 15 is 0 Å². The van der Waals surface area contributed by atoms with E-state index in [4.69, 9.17) is 0 Å². The summed E-state index contributed by atoms with van der Waals surface area (Å²) in [5, 5.41) is 3.24. The number of hydrogen-bond donors (Lipinski definition) is 3. The van der Waals surface area contributed by atoms with E-state index in [1.165, 1.54) is 0 Å². The lowest BCUT2D eigenvalue weighted by Gasteiger charge is -2.41. The monoisotopic (exact) mass is 178 g/mol. The third kappa shape index (κ3) is 1.27. The van der Waals surface area contributed by atoms with Crippen molar-refractivity contribution in [2.45, 2.75) is 12.5 Å². The van der Waals surface area contributed by atoms with Gasteiger partial charge in [-0.1, -0.05) is 0 Å². The molecule has 0 radical (unpaired) electrons. The molecule has 1 atom stereocenters. The van der Waals surface area contributed by atoms with Crippen molar-refractivity contribution >= 4 is 10.8 Å². The van der Waals surface area contributed by atoms with Gasteiger partial charge in [0.1, 0.15) is 0 Å². The van der Waals surface area contributed by atoms with Crippen LogP contribution in [0.25, 0.3) is 0 Å². The van der Waals surface area contributed by atoms with Gasteiger partial charge < -0.3 is 5.32 Å². The quantitative estimate of drug-likeness (QED) is 0.500. The Balaban J connectivity index is 2.10. The van der Waals surface area contributed by atoms with Crippen molar-refractivity contribution < 1.29 is 9.11 Å². The van der Waals surface area contributed by atoms with E-state index in [9.17, 15) is 9.11 Å². The van der Waals surface area contributed by atoms with Crippen LogP contribution in [-0.4, -0.2) is 44.8 Å². The van der Waals surface area contributed by atoms with Crippen molar-refractivity contribution in [1.29, 1.82) is 0 Å². The molecule has 4 nitrogen and oxygen atoms in total. The van der Waals surface area contributed by atoms with E-state index in [1.807, 2.05) is 4.31 Å². The molecule has 0 bridgehead atoms. The van der Waals surface area contributed by atoms with Crippen LogP contribution in [0.15, 0.2) is 0 Å². The number of piperazine rings is 1. The van der Waals surface area contributed by atoms with Crippen molar-refractivity contribution in [3.05, 3.63) is 0 Å². The van der Waals surface area contributed by atoms with Gasteiger partial charge in [-0.25, -0.2) is 4.31 Å². The topological polar surface area (TPSA) is 55.7 Å². The maximum Gasteiger partial charge on any atom is 0.0546 e. The van der Waals surface area contributed by atoms with E-state index < -0.39 is 10.8 Å². The zero-order valence-electron chi connectivity index (χ0n) is 6.36. The minimum absolute atomic E-state index is 0.369. The SMILES string of the molecule is OS1(O)CCC2CNCCN21. The number of nitrogens with zero attached hydrogens (tertiary/aromatic N) is 1. The summed E-state index contributed by atoms with van der Waals surface area (Å²) in [6, 6.07) is 0.369. The summed E-state index contributed by atoms with van der Waals surface area (Å²) in [6.07, 6.45) is 0.926. The van der Waals surface area contributed by atoms with Crippen LogP contribution >= 0.6 is 10.8 Å². The minimum Gasteiger partial charge on any atom is -0.314 e. The van der Waals surface area contributed by atoms with Crippen molar-refractivity contribution in [3.8, 4) is 0 Å². The van der Waals surface area contributed by atoms with Crippen LogP contribution in [0.1, 0.15) is 6.42 Å². The van der Waals surface area contributed by atoms with Crippen molar-refractivity contribution in [2.75, 3.05) is 25.4 Å². The Kier molecular flexibility index (Phi) is 1.85. The van der Waals surface area contributed by atoms with Gasteiger partial charge in [-0.2, -0.15) is 0 Å². The molecule has 2 heterocycles. The highest BCUT2D eigenvalue weighted by Gasteiger charge is 2.38. The molecule has 0 saturated carbocycles. The molecule has 3 N–H and O–H groups in total. The Labute approximate surface area is 68.1 Å². The summed E-state index contributed by atoms with van der Waals surface area (Å²) >= 11 is 0. The summed E-state index contributed by atoms with van der Waals surface area (Å²) < 4.78 is 20.9. The van der Waals surface area contributed by atoms with Crippen LogP contribution in [0, 0.1) is 0 Å². The molecule has 0 aromatic carbocycles. The lowest BCUT2D eigenvalue weighted by molar-refractivity contribution is 0.265. The fourth-order valence-electron chi connectivity index (χ4n) is 1.78. The van der Waals surface area contributed by atoms with Gasteiger partial charge in [0.05, 0.1) is 5.75 Å². The maximum absolute atomic E-state index is 9.53. The summed E-state index contributed by atoms with van der Waals surface area (Å²) in [5.41, 5.74) is 0. The van der Waals surface area contributed by atoms with Gasteiger partial charge in [0.2, 0.25) is 0 Å². The normalized spacial score (nSPS) is 40.0. The molecule has 0 aromatic rings. The van der Waals surface area contributed by atoms with Gasteiger partial charge in [-0.3, -0.25) is 9.11 Å². The third-order valence-corrected chi connectivity index (χ3v) is 4.41. The second-order valence-electron chi connectivity index (χ2n) is 3.12. The number of rotatable bonds is 0. The van der Waals surface area contributed by atoms with Gasteiger partial charge in [-0.05, 0) is 6.42 Å². The summed E-state index contributed by atoms with van der Waals surface area (Å²) in [4.78, 5) is 0. The second kappa shape index (κ2) is 2.60. The molecule has 0 aromatic heterocycles. The fraction of sp³-hybridized carbons (Fsp3) is 1.00. The largest absolute Gasteiger partial charge is 0.314 e. The number of nitrogens with one attached hydrogen (secondary N) is 1. The Morgan fingerprint density at radius 3 is 3.00 bits per heavy atom. The highest BCUT2D eigenvalue weighted by Crippen LogP contribution is 2.51. The summed E-state index contributed by atoms with van der Waals surface area (Å²) in [5.74, 6) is 0.569. The van der Waals surface area contributed by atoms with Crippen LogP contribution < -0.4 is 5.32 Å². The first-order valence-corrected chi connectivity index (χ1v) is 5.61. The predicted molar refractivity (Wildman–Crippen MR) is 45.7 cm³/mol. The minimum atomic E-state index is -2.35. The van der Waals surface area contributed by atoms with E-state index in [0.29, 0.717) is 11.8 Å². The van der Waals surface area contributed by atoms with Crippen molar-refractivity contribution in [3.63, 3.8) is 0 Å². The first-order chi connectivity index (χ1) is 5.20. The van der Waals surface area contributed by atoms with Crippen LogP contribution in [0.4, 0.5) is 0 Å². The van der Waals surface area contributed by atoms with Gasteiger partial charge >= 0.3 is 0 Å². The fourth-order valence-corrected chi connectivity index (χ4v) is 3.65. The average molecular weight is 178 g/mol. The average Bonchev–Trinajstić information content (AvgIpc) is 2.29. The molecule has 0 spiro atoms. The number of fused-ring (bicyclic) bond motifs is 1. The number of hydrogen-bond acceptors (Lipinski definition) is 4. The van der Waals surface area contributed by atoms with E-state index in [-0.39, 0.29) is 0 Å². The van der Waals surface area contributed by atoms with E-state index in [2.05, 4.69) is 5.32 Å². The zero-order chi connectivity index (χ0) is 7.90. The Bertz CT molecular complexity index is 165.